The molecule has 0 amide bonds. The Labute approximate surface area is 394 Å². The van der Waals surface area contributed by atoms with Crippen LogP contribution in [0.15, 0.2) is 243 Å². The molecule has 4 heteroatoms. The number of hydrogen-bond donors (Lipinski definition) is 0. The fourth-order valence-corrected chi connectivity index (χ4v) is 9.58. The van der Waals surface area contributed by atoms with Gasteiger partial charge in [0.1, 0.15) is 0 Å². The van der Waals surface area contributed by atoms with Crippen LogP contribution < -0.4 is 0 Å². The third kappa shape index (κ3) is 7.45. The van der Waals surface area contributed by atoms with Crippen molar-refractivity contribution in [1.82, 2.24) is 15.0 Å². The molecule has 0 aliphatic heterocycles. The predicted molar refractivity (Wildman–Crippen MR) is 281 cm³/mol. The molecule has 0 spiro atoms. The topological polar surface area (TPSA) is 62.5 Å². The summed E-state index contributed by atoms with van der Waals surface area (Å²) < 4.78 is 0. The SMILES string of the molecule is N#Cc1ccc(-c2ccc(-c3cc4ccccc4c4ccccc34)cc2)cc1-c1ccccc1-c1ccc(-c2nc(-c3ccccc3)nc(-c3ccccc3-c3ccc4ccccc4c3)n2)cc1. The number of nitriles is 1. The second kappa shape index (κ2) is 17.2. The minimum Gasteiger partial charge on any atom is -0.208 e. The first-order valence-corrected chi connectivity index (χ1v) is 22.8. The summed E-state index contributed by atoms with van der Waals surface area (Å²) in [5.74, 6) is 1.79. The zero-order chi connectivity index (χ0) is 45.4. The molecule has 0 N–H and O–H groups in total. The predicted octanol–water partition coefficient (Wildman–Crippen LogP) is 16.5. The minimum absolute atomic E-state index is 0.585. The lowest BCUT2D eigenvalue weighted by Crippen LogP contribution is -2.01. The third-order valence-electron chi connectivity index (χ3n) is 13.0. The van der Waals surface area contributed by atoms with Crippen LogP contribution in [0.1, 0.15) is 5.56 Å². The lowest BCUT2D eigenvalue weighted by Gasteiger charge is -2.15. The summed E-state index contributed by atoms with van der Waals surface area (Å²) in [6, 6.07) is 87.0. The smallest absolute Gasteiger partial charge is 0.164 e. The number of hydrogen-bond acceptors (Lipinski definition) is 4. The van der Waals surface area contributed by atoms with Gasteiger partial charge in [0, 0.05) is 22.3 Å². The molecule has 0 radical (unpaired) electrons. The van der Waals surface area contributed by atoms with Gasteiger partial charge in [0.05, 0.1) is 11.6 Å². The lowest BCUT2D eigenvalue weighted by atomic mass is 9.89. The van der Waals surface area contributed by atoms with Crippen LogP contribution in [0.25, 0.3) is 122 Å². The van der Waals surface area contributed by atoms with E-state index in [9.17, 15) is 5.26 Å². The summed E-state index contributed by atoms with van der Waals surface area (Å²) in [5, 5.41) is 17.8. The van der Waals surface area contributed by atoms with E-state index in [2.05, 4.69) is 194 Å². The largest absolute Gasteiger partial charge is 0.208 e. The van der Waals surface area contributed by atoms with Gasteiger partial charge in [0.25, 0.3) is 0 Å². The molecule has 1 heterocycles. The number of nitrogens with zero attached hydrogens (tertiary/aromatic N) is 4. The van der Waals surface area contributed by atoms with E-state index in [4.69, 9.17) is 15.0 Å². The van der Waals surface area contributed by atoms with Crippen LogP contribution in [0.3, 0.4) is 0 Å². The van der Waals surface area contributed by atoms with Crippen molar-refractivity contribution in [2.75, 3.05) is 0 Å². The molecule has 0 unspecified atom stereocenters. The molecule has 0 aliphatic carbocycles. The summed E-state index contributed by atoms with van der Waals surface area (Å²) in [5.41, 5.74) is 13.9. The molecule has 0 bridgehead atoms. The van der Waals surface area contributed by atoms with Gasteiger partial charge in [0.2, 0.25) is 0 Å². The maximum atomic E-state index is 10.5. The van der Waals surface area contributed by atoms with E-state index in [1.165, 1.54) is 37.9 Å². The quantitative estimate of drug-likeness (QED) is 0.143. The summed E-state index contributed by atoms with van der Waals surface area (Å²) in [7, 11) is 0. The highest BCUT2D eigenvalue weighted by Crippen LogP contribution is 2.40. The van der Waals surface area contributed by atoms with Crippen LogP contribution in [0.2, 0.25) is 0 Å². The average molecular weight is 865 g/mol. The van der Waals surface area contributed by atoms with Crippen molar-refractivity contribution >= 4 is 32.3 Å². The molecule has 11 aromatic carbocycles. The third-order valence-corrected chi connectivity index (χ3v) is 13.0. The van der Waals surface area contributed by atoms with Crippen molar-refractivity contribution in [1.29, 1.82) is 5.26 Å². The van der Waals surface area contributed by atoms with E-state index in [0.717, 1.165) is 66.8 Å². The second-order valence-corrected chi connectivity index (χ2v) is 17.0. The molecular formula is C64H40N4. The Kier molecular flexibility index (Phi) is 10.2. The summed E-state index contributed by atoms with van der Waals surface area (Å²) >= 11 is 0. The van der Waals surface area contributed by atoms with Crippen LogP contribution in [-0.4, -0.2) is 15.0 Å². The molecule has 0 fully saturated rings. The first-order chi connectivity index (χ1) is 33.6. The van der Waals surface area contributed by atoms with Crippen molar-refractivity contribution < 1.29 is 0 Å². The van der Waals surface area contributed by atoms with Crippen LogP contribution in [0.5, 0.6) is 0 Å². The highest BCUT2D eigenvalue weighted by molar-refractivity contribution is 6.13. The molecule has 12 rings (SSSR count). The monoisotopic (exact) mass is 864 g/mol. The van der Waals surface area contributed by atoms with Gasteiger partial charge in [0.15, 0.2) is 17.5 Å². The standard InChI is InChI=1S/C64H40N4/c65-41-52-37-35-49(43-26-29-45(30-27-43)60-40-50-18-6-7-20-54(50)56-22-11-12-24-58(56)60)39-61(52)57-23-10-8-19-53(57)44-31-33-47(34-32-44)63-66-62(46-15-2-1-3-16-46)67-64(68-63)59-25-13-9-21-55(59)51-36-28-42-14-4-5-17-48(42)38-51/h1-40H. The Morgan fingerprint density at radius 2 is 0.735 bits per heavy atom. The zero-order valence-corrected chi connectivity index (χ0v) is 36.9. The second-order valence-electron chi connectivity index (χ2n) is 17.0. The number of aromatic nitrogens is 3. The fourth-order valence-electron chi connectivity index (χ4n) is 9.58. The molecule has 4 nitrogen and oxygen atoms in total. The maximum absolute atomic E-state index is 10.5. The van der Waals surface area contributed by atoms with Gasteiger partial charge in [-0.3, -0.25) is 0 Å². The summed E-state index contributed by atoms with van der Waals surface area (Å²) in [4.78, 5) is 15.3. The minimum atomic E-state index is 0.585. The molecular weight excluding hydrogens is 825 g/mol. The molecule has 1 aromatic heterocycles. The molecule has 68 heavy (non-hydrogen) atoms. The normalized spacial score (nSPS) is 11.2. The zero-order valence-electron chi connectivity index (χ0n) is 36.9. The van der Waals surface area contributed by atoms with Crippen LogP contribution in [-0.2, 0) is 0 Å². The lowest BCUT2D eigenvalue weighted by molar-refractivity contribution is 1.07. The molecule has 0 atom stereocenters. The first-order valence-electron chi connectivity index (χ1n) is 22.8. The van der Waals surface area contributed by atoms with Crippen LogP contribution in [0, 0.1) is 11.3 Å². The van der Waals surface area contributed by atoms with E-state index in [-0.39, 0.29) is 0 Å². The first kappa shape index (κ1) is 40.2. The average Bonchev–Trinajstić information content (AvgIpc) is 3.42. The summed E-state index contributed by atoms with van der Waals surface area (Å²) in [6.07, 6.45) is 0. The highest BCUT2D eigenvalue weighted by Gasteiger charge is 2.18. The van der Waals surface area contributed by atoms with Gasteiger partial charge in [-0.1, -0.05) is 218 Å². The van der Waals surface area contributed by atoms with Crippen LogP contribution >= 0.6 is 0 Å². The Bertz CT molecular complexity index is 3910. The van der Waals surface area contributed by atoms with Crippen LogP contribution in [0.4, 0.5) is 0 Å². The molecule has 316 valence electrons. The maximum Gasteiger partial charge on any atom is 0.164 e. The van der Waals surface area contributed by atoms with Gasteiger partial charge in [-0.05, 0) is 107 Å². The Morgan fingerprint density at radius 3 is 1.46 bits per heavy atom. The molecule has 0 saturated carbocycles. The van der Waals surface area contributed by atoms with E-state index in [0.29, 0.717) is 23.0 Å². The van der Waals surface area contributed by atoms with E-state index < -0.39 is 0 Å². The Balaban J connectivity index is 0.896. The Morgan fingerprint density at radius 1 is 0.250 bits per heavy atom. The highest BCUT2D eigenvalue weighted by atomic mass is 15.0. The number of benzene rings is 11. The van der Waals surface area contributed by atoms with Gasteiger partial charge in [-0.15, -0.1) is 0 Å². The van der Waals surface area contributed by atoms with Gasteiger partial charge < -0.3 is 0 Å². The van der Waals surface area contributed by atoms with Crippen molar-refractivity contribution in [3.63, 3.8) is 0 Å². The molecule has 0 aliphatic rings. The number of rotatable bonds is 8. The van der Waals surface area contributed by atoms with Crippen molar-refractivity contribution in [3.8, 4) is 95.9 Å². The molecule has 12 aromatic rings. The van der Waals surface area contributed by atoms with Crippen molar-refractivity contribution in [2.45, 2.75) is 0 Å². The van der Waals surface area contributed by atoms with Gasteiger partial charge >= 0.3 is 0 Å². The van der Waals surface area contributed by atoms with Crippen molar-refractivity contribution in [3.05, 3.63) is 248 Å². The number of fused-ring (bicyclic) bond motifs is 4. The van der Waals surface area contributed by atoms with Gasteiger partial charge in [-0.25, -0.2) is 15.0 Å². The fraction of sp³-hybridized carbons (Fsp3) is 0. The molecule has 0 saturated heterocycles. The van der Waals surface area contributed by atoms with Gasteiger partial charge in [-0.2, -0.15) is 5.26 Å². The Hall–Kier alpha value is -9.30. The van der Waals surface area contributed by atoms with E-state index >= 15 is 0 Å². The van der Waals surface area contributed by atoms with Crippen molar-refractivity contribution in [2.24, 2.45) is 0 Å². The summed E-state index contributed by atoms with van der Waals surface area (Å²) in [6.45, 7) is 0. The van der Waals surface area contributed by atoms with E-state index in [1.54, 1.807) is 0 Å². The van der Waals surface area contributed by atoms with E-state index in [1.807, 2.05) is 54.6 Å².